The Morgan fingerprint density at radius 1 is 1.15 bits per heavy atom. The van der Waals surface area contributed by atoms with E-state index in [2.05, 4.69) is 5.32 Å². The standard InChI is InChI=1S/C16H28N2O2/c1-5-12-14(19)17-13(16(2,3)4)15(20)18(12)11-9-7-6-8-10-11/h11-13H,5-10H2,1-4H3,(H,17,19). The quantitative estimate of drug-likeness (QED) is 0.844. The van der Waals surface area contributed by atoms with Gasteiger partial charge in [-0.2, -0.15) is 0 Å². The summed E-state index contributed by atoms with van der Waals surface area (Å²) >= 11 is 0. The fraction of sp³-hybridized carbons (Fsp3) is 0.875. The van der Waals surface area contributed by atoms with Crippen molar-refractivity contribution in [2.24, 2.45) is 5.41 Å². The molecular weight excluding hydrogens is 252 g/mol. The molecular formula is C16H28N2O2. The van der Waals surface area contributed by atoms with Gasteiger partial charge in [0.25, 0.3) is 0 Å². The predicted octanol–water partition coefficient (Wildman–Crippen LogP) is 2.47. The molecule has 2 unspecified atom stereocenters. The number of piperazine rings is 1. The Morgan fingerprint density at radius 3 is 2.25 bits per heavy atom. The van der Waals surface area contributed by atoms with E-state index in [0.29, 0.717) is 6.42 Å². The van der Waals surface area contributed by atoms with Crippen molar-refractivity contribution in [1.29, 1.82) is 0 Å². The lowest BCUT2D eigenvalue weighted by Gasteiger charge is -2.47. The van der Waals surface area contributed by atoms with Crippen LogP contribution in [0.2, 0.25) is 0 Å². The Bertz CT molecular complexity index is 380. The third-order valence-electron chi connectivity index (χ3n) is 4.65. The summed E-state index contributed by atoms with van der Waals surface area (Å²) in [5.74, 6) is 0.147. The molecule has 114 valence electrons. The average molecular weight is 280 g/mol. The minimum absolute atomic E-state index is 0.0256. The molecule has 20 heavy (non-hydrogen) atoms. The second-order valence-corrected chi connectivity index (χ2v) is 7.27. The van der Waals surface area contributed by atoms with Crippen molar-refractivity contribution in [3.05, 3.63) is 0 Å². The molecule has 4 nitrogen and oxygen atoms in total. The van der Waals surface area contributed by atoms with Crippen LogP contribution in [0.4, 0.5) is 0 Å². The van der Waals surface area contributed by atoms with E-state index in [1.54, 1.807) is 0 Å². The summed E-state index contributed by atoms with van der Waals surface area (Å²) in [5, 5.41) is 2.95. The van der Waals surface area contributed by atoms with Crippen molar-refractivity contribution in [2.75, 3.05) is 0 Å². The summed E-state index contributed by atoms with van der Waals surface area (Å²) in [7, 11) is 0. The third-order valence-corrected chi connectivity index (χ3v) is 4.65. The predicted molar refractivity (Wildman–Crippen MR) is 79.2 cm³/mol. The van der Waals surface area contributed by atoms with E-state index in [-0.39, 0.29) is 35.4 Å². The summed E-state index contributed by atoms with van der Waals surface area (Å²) in [4.78, 5) is 27.2. The maximum atomic E-state index is 12.9. The first-order valence-corrected chi connectivity index (χ1v) is 7.98. The van der Waals surface area contributed by atoms with Crippen LogP contribution in [0.1, 0.15) is 66.2 Å². The van der Waals surface area contributed by atoms with Gasteiger partial charge in [0, 0.05) is 6.04 Å². The Balaban J connectivity index is 2.27. The van der Waals surface area contributed by atoms with Gasteiger partial charge in [0.2, 0.25) is 11.8 Å². The molecule has 2 amide bonds. The minimum atomic E-state index is -0.389. The van der Waals surface area contributed by atoms with Gasteiger partial charge in [-0.1, -0.05) is 47.0 Å². The number of nitrogens with zero attached hydrogens (tertiary/aromatic N) is 1. The Labute approximate surface area is 122 Å². The van der Waals surface area contributed by atoms with Crippen LogP contribution in [0.25, 0.3) is 0 Å². The van der Waals surface area contributed by atoms with Crippen molar-refractivity contribution in [3.8, 4) is 0 Å². The van der Waals surface area contributed by atoms with Gasteiger partial charge in [-0.05, 0) is 24.7 Å². The molecule has 1 aliphatic heterocycles. The maximum absolute atomic E-state index is 12.9. The molecule has 4 heteroatoms. The van der Waals surface area contributed by atoms with Crippen molar-refractivity contribution in [1.82, 2.24) is 10.2 Å². The van der Waals surface area contributed by atoms with Gasteiger partial charge in [-0.15, -0.1) is 0 Å². The van der Waals surface area contributed by atoms with Crippen LogP contribution < -0.4 is 5.32 Å². The maximum Gasteiger partial charge on any atom is 0.246 e. The fourth-order valence-electron chi connectivity index (χ4n) is 3.49. The van der Waals surface area contributed by atoms with E-state index in [9.17, 15) is 9.59 Å². The van der Waals surface area contributed by atoms with Gasteiger partial charge in [-0.3, -0.25) is 9.59 Å². The number of hydrogen-bond acceptors (Lipinski definition) is 2. The van der Waals surface area contributed by atoms with Crippen molar-refractivity contribution >= 4 is 11.8 Å². The molecule has 1 saturated carbocycles. The molecule has 2 rings (SSSR count). The van der Waals surface area contributed by atoms with Crippen LogP contribution in [0.15, 0.2) is 0 Å². The zero-order valence-electron chi connectivity index (χ0n) is 13.2. The summed E-state index contributed by atoms with van der Waals surface area (Å²) in [6, 6.07) is -0.402. The lowest BCUT2D eigenvalue weighted by molar-refractivity contribution is -0.156. The van der Waals surface area contributed by atoms with Crippen molar-refractivity contribution in [2.45, 2.75) is 84.3 Å². The summed E-state index contributed by atoms with van der Waals surface area (Å²) in [5.41, 5.74) is -0.238. The number of rotatable bonds is 2. The number of hydrogen-bond donors (Lipinski definition) is 1. The van der Waals surface area contributed by atoms with Gasteiger partial charge in [0.05, 0.1) is 0 Å². The van der Waals surface area contributed by atoms with Gasteiger partial charge < -0.3 is 10.2 Å². The lowest BCUT2D eigenvalue weighted by atomic mass is 9.82. The monoisotopic (exact) mass is 280 g/mol. The SMILES string of the molecule is CCC1C(=O)NC(C(C)(C)C)C(=O)N1C1CCCCC1. The van der Waals surface area contributed by atoms with E-state index < -0.39 is 0 Å². The van der Waals surface area contributed by atoms with Crippen LogP contribution in [-0.2, 0) is 9.59 Å². The lowest BCUT2D eigenvalue weighted by Crippen LogP contribution is -2.68. The molecule has 1 saturated heterocycles. The highest BCUT2D eigenvalue weighted by molar-refractivity contribution is 5.97. The second kappa shape index (κ2) is 5.74. The Hall–Kier alpha value is -1.06. The van der Waals surface area contributed by atoms with Gasteiger partial charge in [0.1, 0.15) is 12.1 Å². The second-order valence-electron chi connectivity index (χ2n) is 7.27. The first-order chi connectivity index (χ1) is 9.36. The molecule has 2 aliphatic rings. The number of amides is 2. The Morgan fingerprint density at radius 2 is 1.75 bits per heavy atom. The zero-order chi connectivity index (χ0) is 14.9. The molecule has 0 radical (unpaired) electrons. The zero-order valence-corrected chi connectivity index (χ0v) is 13.2. The number of carbonyl (C=O) groups is 2. The highest BCUT2D eigenvalue weighted by Crippen LogP contribution is 2.31. The molecule has 1 aliphatic carbocycles. The normalized spacial score (nSPS) is 29.5. The molecule has 0 spiro atoms. The van der Waals surface area contributed by atoms with E-state index >= 15 is 0 Å². The largest absolute Gasteiger partial charge is 0.342 e. The van der Waals surface area contributed by atoms with E-state index in [4.69, 9.17) is 0 Å². The third kappa shape index (κ3) is 2.84. The summed E-state index contributed by atoms with van der Waals surface area (Å²) in [6.45, 7) is 8.04. The van der Waals surface area contributed by atoms with Gasteiger partial charge in [-0.25, -0.2) is 0 Å². The van der Waals surface area contributed by atoms with Crippen LogP contribution in [-0.4, -0.2) is 34.8 Å². The molecule has 0 aromatic carbocycles. The minimum Gasteiger partial charge on any atom is -0.342 e. The summed E-state index contributed by atoms with van der Waals surface area (Å²) < 4.78 is 0. The number of nitrogens with one attached hydrogen (secondary N) is 1. The molecule has 0 bridgehead atoms. The first kappa shape index (κ1) is 15.3. The molecule has 1 N–H and O–H groups in total. The van der Waals surface area contributed by atoms with Crippen molar-refractivity contribution < 1.29 is 9.59 Å². The van der Waals surface area contributed by atoms with Crippen LogP contribution in [0.3, 0.4) is 0 Å². The van der Waals surface area contributed by atoms with Crippen LogP contribution in [0.5, 0.6) is 0 Å². The van der Waals surface area contributed by atoms with Crippen molar-refractivity contribution in [3.63, 3.8) is 0 Å². The Kier molecular flexibility index (Phi) is 4.40. The first-order valence-electron chi connectivity index (χ1n) is 7.98. The summed E-state index contributed by atoms with van der Waals surface area (Å²) in [6.07, 6.45) is 6.40. The highest BCUT2D eigenvalue weighted by atomic mass is 16.2. The molecule has 1 heterocycles. The average Bonchev–Trinajstić information content (AvgIpc) is 2.40. The number of carbonyl (C=O) groups excluding carboxylic acids is 2. The molecule has 0 aromatic rings. The topological polar surface area (TPSA) is 49.4 Å². The molecule has 2 fully saturated rings. The fourth-order valence-corrected chi connectivity index (χ4v) is 3.49. The van der Waals surface area contributed by atoms with Crippen LogP contribution >= 0.6 is 0 Å². The van der Waals surface area contributed by atoms with E-state index in [0.717, 1.165) is 12.8 Å². The van der Waals surface area contributed by atoms with Crippen LogP contribution in [0, 0.1) is 5.41 Å². The van der Waals surface area contributed by atoms with E-state index in [1.165, 1.54) is 19.3 Å². The van der Waals surface area contributed by atoms with E-state index in [1.807, 2.05) is 32.6 Å². The molecule has 2 atom stereocenters. The van der Waals surface area contributed by atoms with Gasteiger partial charge >= 0.3 is 0 Å². The highest BCUT2D eigenvalue weighted by Gasteiger charge is 2.46. The van der Waals surface area contributed by atoms with Gasteiger partial charge in [0.15, 0.2) is 0 Å². The molecule has 0 aromatic heterocycles. The smallest absolute Gasteiger partial charge is 0.246 e.